The highest BCUT2D eigenvalue weighted by atomic mass is 16.5. The van der Waals surface area contributed by atoms with Gasteiger partial charge >= 0.3 is 0 Å². The largest absolute Gasteiger partial charge is 0.497 e. The summed E-state index contributed by atoms with van der Waals surface area (Å²) < 4.78 is 5.24. The van der Waals surface area contributed by atoms with E-state index in [2.05, 4.69) is 20.9 Å². The van der Waals surface area contributed by atoms with Crippen molar-refractivity contribution in [1.82, 2.24) is 10.3 Å². The first-order chi connectivity index (χ1) is 13.1. The minimum Gasteiger partial charge on any atom is -0.497 e. The van der Waals surface area contributed by atoms with Crippen LogP contribution < -0.4 is 20.7 Å². The third kappa shape index (κ3) is 4.75. The molecule has 1 unspecified atom stereocenters. The molecule has 1 aromatic carbocycles. The van der Waals surface area contributed by atoms with Crippen LogP contribution in [0.3, 0.4) is 0 Å². The van der Waals surface area contributed by atoms with Gasteiger partial charge in [0, 0.05) is 31.4 Å². The first kappa shape index (κ1) is 18.7. The van der Waals surface area contributed by atoms with Crippen molar-refractivity contribution >= 4 is 23.3 Å². The van der Waals surface area contributed by atoms with Crippen molar-refractivity contribution < 1.29 is 14.3 Å². The Labute approximate surface area is 158 Å². The lowest BCUT2D eigenvalue weighted by Gasteiger charge is -2.25. The molecule has 7 nitrogen and oxygen atoms in total. The Hall–Kier alpha value is -3.09. The average molecular weight is 368 g/mol. The molecular formula is C20H24N4O3. The van der Waals surface area contributed by atoms with E-state index >= 15 is 0 Å². The van der Waals surface area contributed by atoms with Crippen LogP contribution in [0.25, 0.3) is 0 Å². The molecule has 2 aromatic rings. The predicted molar refractivity (Wildman–Crippen MR) is 104 cm³/mol. The molecule has 1 atom stereocenters. The van der Waals surface area contributed by atoms with Gasteiger partial charge in [-0.05, 0) is 48.7 Å². The Bertz CT molecular complexity index is 820. The highest BCUT2D eigenvalue weighted by molar-refractivity contribution is 6.01. The lowest BCUT2D eigenvalue weighted by molar-refractivity contribution is -0.126. The Morgan fingerprint density at radius 2 is 2.15 bits per heavy atom. The van der Waals surface area contributed by atoms with Gasteiger partial charge in [-0.3, -0.25) is 9.59 Å². The van der Waals surface area contributed by atoms with Crippen molar-refractivity contribution in [1.29, 1.82) is 0 Å². The molecule has 3 N–H and O–H groups in total. The second-order valence-electron chi connectivity index (χ2n) is 6.55. The van der Waals surface area contributed by atoms with E-state index in [9.17, 15) is 9.59 Å². The summed E-state index contributed by atoms with van der Waals surface area (Å²) in [7, 11) is 1.58. The van der Waals surface area contributed by atoms with Crippen molar-refractivity contribution in [2.45, 2.75) is 25.7 Å². The zero-order chi connectivity index (χ0) is 19.2. The molecule has 0 fully saturated rings. The SMILES string of the molecule is COc1ccc2c(c1)C(C(=O)NCCCNc1ccc(C)cn1)CC(=O)N2. The summed E-state index contributed by atoms with van der Waals surface area (Å²) in [6.45, 7) is 3.21. The Morgan fingerprint density at radius 3 is 2.89 bits per heavy atom. The van der Waals surface area contributed by atoms with Gasteiger partial charge in [0.05, 0.1) is 13.0 Å². The van der Waals surface area contributed by atoms with Crippen LogP contribution in [0.15, 0.2) is 36.5 Å². The first-order valence-electron chi connectivity index (χ1n) is 8.99. The number of carbonyl (C=O) groups is 2. The third-order valence-corrected chi connectivity index (χ3v) is 4.48. The van der Waals surface area contributed by atoms with E-state index in [0.717, 1.165) is 23.4 Å². The number of ether oxygens (including phenoxy) is 1. The molecule has 0 spiro atoms. The number of anilines is 2. The summed E-state index contributed by atoms with van der Waals surface area (Å²) in [5, 5.41) is 8.95. The Kier molecular flexibility index (Phi) is 5.90. The van der Waals surface area contributed by atoms with Crippen molar-refractivity contribution in [3.8, 4) is 5.75 Å². The highest BCUT2D eigenvalue weighted by Gasteiger charge is 2.30. The van der Waals surface area contributed by atoms with Crippen LogP contribution in [-0.4, -0.2) is 37.0 Å². The molecule has 3 rings (SSSR count). The van der Waals surface area contributed by atoms with E-state index in [-0.39, 0.29) is 18.2 Å². The van der Waals surface area contributed by atoms with Crippen LogP contribution in [0.2, 0.25) is 0 Å². The quantitative estimate of drug-likeness (QED) is 0.653. The van der Waals surface area contributed by atoms with Crippen molar-refractivity contribution in [3.05, 3.63) is 47.7 Å². The normalized spacial score (nSPS) is 15.5. The molecule has 0 bridgehead atoms. The molecule has 7 heteroatoms. The zero-order valence-corrected chi connectivity index (χ0v) is 15.5. The predicted octanol–water partition coefficient (Wildman–Crippen LogP) is 2.44. The molecule has 2 amide bonds. The summed E-state index contributed by atoms with van der Waals surface area (Å²) in [6.07, 6.45) is 2.70. The van der Waals surface area contributed by atoms with Crippen LogP contribution in [0, 0.1) is 6.92 Å². The summed E-state index contributed by atoms with van der Waals surface area (Å²) in [6, 6.07) is 9.27. The standard InChI is InChI=1S/C20H24N4O3/c1-13-4-7-18(23-12-13)21-8-3-9-22-20(26)16-11-19(25)24-17-6-5-14(27-2)10-15(16)17/h4-7,10,12,16H,3,8-9,11H2,1-2H3,(H,21,23)(H,22,26)(H,24,25). The van der Waals surface area contributed by atoms with Crippen LogP contribution in [-0.2, 0) is 9.59 Å². The molecule has 0 saturated heterocycles. The molecular weight excluding hydrogens is 344 g/mol. The molecule has 1 aliphatic heterocycles. The number of nitrogens with one attached hydrogen (secondary N) is 3. The fourth-order valence-corrected chi connectivity index (χ4v) is 3.01. The molecule has 0 saturated carbocycles. The van der Waals surface area contributed by atoms with Crippen LogP contribution in [0.5, 0.6) is 5.75 Å². The van der Waals surface area contributed by atoms with Crippen LogP contribution in [0.4, 0.5) is 11.5 Å². The van der Waals surface area contributed by atoms with Gasteiger partial charge in [0.2, 0.25) is 11.8 Å². The van der Waals surface area contributed by atoms with E-state index in [1.165, 1.54) is 0 Å². The molecule has 0 radical (unpaired) electrons. The number of fused-ring (bicyclic) bond motifs is 1. The van der Waals surface area contributed by atoms with Gasteiger partial charge in [0.1, 0.15) is 11.6 Å². The van der Waals surface area contributed by atoms with Crippen LogP contribution in [0.1, 0.15) is 29.9 Å². The third-order valence-electron chi connectivity index (χ3n) is 4.48. The number of methoxy groups -OCH3 is 1. The number of aromatic nitrogens is 1. The minimum absolute atomic E-state index is 0.136. The maximum atomic E-state index is 12.6. The summed E-state index contributed by atoms with van der Waals surface area (Å²) in [4.78, 5) is 28.8. The lowest BCUT2D eigenvalue weighted by atomic mass is 9.89. The summed E-state index contributed by atoms with van der Waals surface area (Å²) >= 11 is 0. The van der Waals surface area contributed by atoms with E-state index in [4.69, 9.17) is 4.74 Å². The van der Waals surface area contributed by atoms with Gasteiger partial charge in [-0.2, -0.15) is 0 Å². The second kappa shape index (κ2) is 8.53. The fourth-order valence-electron chi connectivity index (χ4n) is 3.01. The van der Waals surface area contributed by atoms with Gasteiger partial charge in [-0.1, -0.05) is 6.07 Å². The first-order valence-corrected chi connectivity index (χ1v) is 8.99. The van der Waals surface area contributed by atoms with Gasteiger partial charge in [-0.15, -0.1) is 0 Å². The number of hydrogen-bond acceptors (Lipinski definition) is 5. The van der Waals surface area contributed by atoms with Gasteiger partial charge < -0.3 is 20.7 Å². The maximum Gasteiger partial charge on any atom is 0.228 e. The number of carbonyl (C=O) groups excluding carboxylic acids is 2. The number of nitrogens with zero attached hydrogens (tertiary/aromatic N) is 1. The number of benzene rings is 1. The minimum atomic E-state index is -0.504. The molecule has 0 aliphatic carbocycles. The summed E-state index contributed by atoms with van der Waals surface area (Å²) in [5.41, 5.74) is 2.56. The number of amides is 2. The van der Waals surface area contributed by atoms with Crippen molar-refractivity contribution in [2.24, 2.45) is 0 Å². The lowest BCUT2D eigenvalue weighted by Crippen LogP contribution is -2.35. The topological polar surface area (TPSA) is 92.3 Å². The number of rotatable bonds is 7. The zero-order valence-electron chi connectivity index (χ0n) is 15.5. The highest BCUT2D eigenvalue weighted by Crippen LogP contribution is 2.34. The van der Waals surface area contributed by atoms with E-state index < -0.39 is 5.92 Å². The van der Waals surface area contributed by atoms with Crippen LogP contribution >= 0.6 is 0 Å². The van der Waals surface area contributed by atoms with Gasteiger partial charge in [0.15, 0.2) is 0 Å². The number of hydrogen-bond donors (Lipinski definition) is 3. The Morgan fingerprint density at radius 1 is 1.30 bits per heavy atom. The van der Waals surface area contributed by atoms with E-state index in [1.807, 2.05) is 31.3 Å². The average Bonchev–Trinajstić information content (AvgIpc) is 2.68. The molecule has 1 aromatic heterocycles. The summed E-state index contributed by atoms with van der Waals surface area (Å²) in [5.74, 6) is 0.678. The van der Waals surface area contributed by atoms with Gasteiger partial charge in [-0.25, -0.2) is 4.98 Å². The Balaban J connectivity index is 1.52. The maximum absolute atomic E-state index is 12.6. The van der Waals surface area contributed by atoms with Crippen molar-refractivity contribution in [3.63, 3.8) is 0 Å². The van der Waals surface area contributed by atoms with E-state index in [1.54, 1.807) is 19.2 Å². The number of pyridine rings is 1. The fraction of sp³-hybridized carbons (Fsp3) is 0.350. The molecule has 27 heavy (non-hydrogen) atoms. The van der Waals surface area contributed by atoms with E-state index in [0.29, 0.717) is 24.5 Å². The molecule has 1 aliphatic rings. The second-order valence-corrected chi connectivity index (χ2v) is 6.55. The smallest absolute Gasteiger partial charge is 0.228 e. The monoisotopic (exact) mass is 368 g/mol. The van der Waals surface area contributed by atoms with Crippen molar-refractivity contribution in [2.75, 3.05) is 30.8 Å². The molecule has 2 heterocycles. The van der Waals surface area contributed by atoms with Gasteiger partial charge in [0.25, 0.3) is 0 Å². The molecule has 142 valence electrons. The number of aryl methyl sites for hydroxylation is 1.